The number of nitrogens with one attached hydrogen (secondary N) is 1. The minimum absolute atomic E-state index is 0.0254. The van der Waals surface area contributed by atoms with E-state index in [1.165, 1.54) is 5.57 Å². The van der Waals surface area contributed by atoms with Crippen LogP contribution in [0.4, 0.5) is 13.2 Å². The maximum Gasteiger partial charge on any atom is 0.485 e. The van der Waals surface area contributed by atoms with Crippen molar-refractivity contribution in [3.8, 4) is 5.75 Å². The van der Waals surface area contributed by atoms with E-state index >= 15 is 0 Å². The molecule has 4 aliphatic carbocycles. The maximum atomic E-state index is 13.6. The monoisotopic (exact) mass is 876 g/mol. The van der Waals surface area contributed by atoms with Crippen LogP contribution in [0.5, 0.6) is 5.75 Å². The van der Waals surface area contributed by atoms with Gasteiger partial charge in [0.05, 0.1) is 22.4 Å². The summed E-state index contributed by atoms with van der Waals surface area (Å²) in [6, 6.07) is 23.1. The fourth-order valence-electron chi connectivity index (χ4n) is 11.4. The van der Waals surface area contributed by atoms with E-state index in [9.17, 15) is 32.3 Å². The molecule has 0 unspecified atom stereocenters. The summed E-state index contributed by atoms with van der Waals surface area (Å²) < 4.78 is 73.5. The van der Waals surface area contributed by atoms with E-state index in [1.54, 1.807) is 19.1 Å². The largest absolute Gasteiger partial charge is 0.741 e. The van der Waals surface area contributed by atoms with Crippen molar-refractivity contribution in [2.75, 3.05) is 13.2 Å². The van der Waals surface area contributed by atoms with E-state index < -0.39 is 21.6 Å². The summed E-state index contributed by atoms with van der Waals surface area (Å²) >= 11 is 0. The van der Waals surface area contributed by atoms with E-state index in [4.69, 9.17) is 22.4 Å². The molecule has 3 saturated carbocycles. The Morgan fingerprint density at radius 2 is 1.53 bits per heavy atom. The van der Waals surface area contributed by atoms with Crippen LogP contribution in [0.3, 0.4) is 0 Å². The number of aromatic nitrogens is 1. The molecule has 0 aliphatic heterocycles. The first-order valence-corrected chi connectivity index (χ1v) is 22.4. The van der Waals surface area contributed by atoms with E-state index in [0.29, 0.717) is 42.5 Å². The number of hydrogen-bond acceptors (Lipinski definition) is 9. The molecule has 3 fully saturated rings. The molecule has 0 radical (unpaired) electrons. The Labute approximate surface area is 358 Å². The lowest BCUT2D eigenvalue weighted by Gasteiger charge is -2.60. The third-order valence-corrected chi connectivity index (χ3v) is 14.8. The Bertz CT molecular complexity index is 2500. The number of para-hydroxylation sites is 2. The van der Waals surface area contributed by atoms with Crippen LogP contribution in [0.1, 0.15) is 81.6 Å². The Morgan fingerprint density at radius 1 is 0.919 bits per heavy atom. The number of aryl methyl sites for hydroxylation is 1. The number of pyridine rings is 1. The Hall–Kier alpha value is -4.99. The third-order valence-electron chi connectivity index (χ3n) is 14.2. The number of rotatable bonds is 9. The van der Waals surface area contributed by atoms with Gasteiger partial charge in [-0.3, -0.25) is 14.4 Å². The first-order valence-electron chi connectivity index (χ1n) is 21.0. The SMILES string of the molecule is CC(=O)[C@H]1CC[C@H]2[C@@H]3CCC4=CC(=O)CC[C@]4(C)[C@H]3[C@H](OCC(=O)NCCc3ccc(OC(=O)c4c5ccccc5[n+](C)c5ccccc45)cc3)C[C@]12C.O=S(=O)([O-])C(F)(F)F. The first kappa shape index (κ1) is 45.0. The molecule has 4 aliphatic rings. The van der Waals surface area contributed by atoms with Gasteiger partial charge in [-0.15, -0.1) is 0 Å². The van der Waals surface area contributed by atoms with Crippen LogP contribution < -0.4 is 14.6 Å². The molecule has 1 heterocycles. The summed E-state index contributed by atoms with van der Waals surface area (Å²) in [7, 11) is -4.09. The Balaban J connectivity index is 0.000000659. The number of halogens is 3. The van der Waals surface area contributed by atoms with Crippen LogP contribution in [-0.4, -0.2) is 61.2 Å². The molecule has 1 aromatic heterocycles. The summed E-state index contributed by atoms with van der Waals surface area (Å²) in [6.45, 7) is 6.74. The number of carbonyl (C=O) groups excluding carboxylic acids is 4. The maximum absolute atomic E-state index is 13.6. The molecule has 62 heavy (non-hydrogen) atoms. The van der Waals surface area contributed by atoms with Gasteiger partial charge in [0.15, 0.2) is 15.9 Å². The second kappa shape index (κ2) is 17.3. The minimum atomic E-state index is -6.09. The number of allylic oxidation sites excluding steroid dienone is 1. The van der Waals surface area contributed by atoms with Crippen LogP contribution in [0, 0.1) is 34.5 Å². The molecule has 0 spiro atoms. The number of carbonyl (C=O) groups is 4. The average molecular weight is 877 g/mol. The second-order valence-corrected chi connectivity index (χ2v) is 19.1. The third kappa shape index (κ3) is 8.67. The molecule has 1 amide bonds. The standard InChI is InChI=1S/C46H50N2O6.CHF3O3S/c1-28(49)36-19-20-37-33-18-15-30-25-31(50)21-23-45(30,2)43(33)40(26-46(36,37)3)53-27-41(51)47-24-22-29-13-16-32(17-14-29)54-44(52)42-34-9-5-7-11-38(34)48(4)39-12-8-6-10-35(39)42;2-1(3,4)8(5,6)7/h5-14,16-17,25,33,36-37,40,43H,15,18-24,26-27H2,1-4H3;(H,5,6,7)/t33-,36+,37-,40+,43+,45-,46+;/m0./s1. The molecule has 8 rings (SSSR count). The first-order chi connectivity index (χ1) is 29.2. The highest BCUT2D eigenvalue weighted by molar-refractivity contribution is 7.86. The molecular formula is C47H51F3N2O9S. The highest BCUT2D eigenvalue weighted by atomic mass is 32.2. The highest BCUT2D eigenvalue weighted by Crippen LogP contribution is 2.67. The van der Waals surface area contributed by atoms with Crippen molar-refractivity contribution >= 4 is 55.4 Å². The number of alkyl halides is 3. The van der Waals surface area contributed by atoms with Gasteiger partial charge in [0.25, 0.3) is 0 Å². The van der Waals surface area contributed by atoms with Crippen LogP contribution in [0.15, 0.2) is 84.4 Å². The topological polar surface area (TPSA) is 160 Å². The number of benzene rings is 3. The van der Waals surface area contributed by atoms with Crippen molar-refractivity contribution in [3.63, 3.8) is 0 Å². The van der Waals surface area contributed by atoms with Gasteiger partial charge in [-0.1, -0.05) is 55.8 Å². The molecular weight excluding hydrogens is 826 g/mol. The van der Waals surface area contributed by atoms with Crippen LogP contribution >= 0.6 is 0 Å². The Morgan fingerprint density at radius 3 is 2.13 bits per heavy atom. The summed E-state index contributed by atoms with van der Waals surface area (Å²) in [6.07, 6.45) is 8.41. The number of hydrogen-bond donors (Lipinski definition) is 1. The molecule has 4 aromatic rings. The van der Waals surface area contributed by atoms with Gasteiger partial charge < -0.3 is 19.3 Å². The highest BCUT2D eigenvalue weighted by Gasteiger charge is 2.63. The molecule has 7 atom stereocenters. The predicted molar refractivity (Wildman–Crippen MR) is 223 cm³/mol. The number of fused-ring (bicyclic) bond motifs is 7. The lowest BCUT2D eigenvalue weighted by Crippen LogP contribution is -2.58. The van der Waals surface area contributed by atoms with Crippen molar-refractivity contribution in [2.45, 2.75) is 83.8 Å². The van der Waals surface area contributed by atoms with Gasteiger partial charge in [0.1, 0.15) is 25.2 Å². The zero-order valence-electron chi connectivity index (χ0n) is 35.1. The molecule has 0 bridgehead atoms. The molecule has 11 nitrogen and oxygen atoms in total. The van der Waals surface area contributed by atoms with Gasteiger partial charge >= 0.3 is 11.5 Å². The average Bonchev–Trinajstić information content (AvgIpc) is 3.57. The van der Waals surface area contributed by atoms with E-state index in [2.05, 4.69) is 23.7 Å². The molecule has 330 valence electrons. The van der Waals surface area contributed by atoms with E-state index in [-0.39, 0.29) is 52.9 Å². The predicted octanol–water partition coefficient (Wildman–Crippen LogP) is 7.48. The zero-order valence-corrected chi connectivity index (χ0v) is 35.9. The fraction of sp³-hybridized carbons (Fsp3) is 0.468. The van der Waals surface area contributed by atoms with Gasteiger partial charge in [0, 0.05) is 31.0 Å². The summed E-state index contributed by atoms with van der Waals surface area (Å²) in [4.78, 5) is 52.2. The van der Waals surface area contributed by atoms with Gasteiger partial charge in [-0.25, -0.2) is 13.2 Å². The van der Waals surface area contributed by atoms with Crippen molar-refractivity contribution in [1.82, 2.24) is 5.32 Å². The number of Topliss-reactive ketones (excluding diaryl/α,β-unsaturated/α-hetero) is 1. The van der Waals surface area contributed by atoms with Crippen LogP contribution in [-0.2, 0) is 42.7 Å². The van der Waals surface area contributed by atoms with Crippen molar-refractivity contribution in [3.05, 3.63) is 95.6 Å². The van der Waals surface area contributed by atoms with Gasteiger partial charge in [-0.2, -0.15) is 17.7 Å². The lowest BCUT2D eigenvalue weighted by atomic mass is 9.46. The minimum Gasteiger partial charge on any atom is -0.741 e. The number of nitrogens with zero attached hydrogens (tertiary/aromatic N) is 1. The van der Waals surface area contributed by atoms with Gasteiger partial charge in [0.2, 0.25) is 16.9 Å². The molecule has 1 N–H and O–H groups in total. The molecule has 3 aromatic carbocycles. The Kier molecular flexibility index (Phi) is 12.6. The molecule has 15 heteroatoms. The van der Waals surface area contributed by atoms with Crippen molar-refractivity contribution in [1.29, 1.82) is 0 Å². The quantitative estimate of drug-likeness (QED) is 0.0449. The normalized spacial score (nSPS) is 26.9. The number of ether oxygens (including phenoxy) is 2. The van der Waals surface area contributed by atoms with E-state index in [0.717, 1.165) is 65.9 Å². The smallest absolute Gasteiger partial charge is 0.485 e. The number of esters is 1. The van der Waals surface area contributed by atoms with Crippen LogP contribution in [0.25, 0.3) is 21.8 Å². The van der Waals surface area contributed by atoms with Crippen molar-refractivity contribution < 1.29 is 59.4 Å². The second-order valence-electron chi connectivity index (χ2n) is 17.7. The number of amides is 1. The molecule has 0 saturated heterocycles. The zero-order chi connectivity index (χ0) is 44.8. The lowest BCUT2D eigenvalue weighted by molar-refractivity contribution is -0.617. The summed E-state index contributed by atoms with van der Waals surface area (Å²) in [5, 5.41) is 4.71. The summed E-state index contributed by atoms with van der Waals surface area (Å²) in [5.41, 5.74) is -1.23. The van der Waals surface area contributed by atoms with Gasteiger partial charge in [-0.05, 0) is 116 Å². The van der Waals surface area contributed by atoms with Crippen LogP contribution in [0.2, 0.25) is 0 Å². The fourth-order valence-corrected chi connectivity index (χ4v) is 11.4. The van der Waals surface area contributed by atoms with Crippen molar-refractivity contribution in [2.24, 2.45) is 41.5 Å². The number of ketones is 2. The van der Waals surface area contributed by atoms with E-state index in [1.807, 2.05) is 73.8 Å². The summed E-state index contributed by atoms with van der Waals surface area (Å²) in [5.74, 6) is 1.48.